The van der Waals surface area contributed by atoms with E-state index in [4.69, 9.17) is 0 Å². The lowest BCUT2D eigenvalue weighted by molar-refractivity contribution is 0.660. The first-order chi connectivity index (χ1) is 30.5. The van der Waals surface area contributed by atoms with Crippen molar-refractivity contribution in [3.8, 4) is 66.8 Å². The smallest absolute Gasteiger partial charge is 0.0467 e. The first-order valence-corrected chi connectivity index (χ1v) is 21.6. The Kier molecular flexibility index (Phi) is 9.24. The Morgan fingerprint density at radius 1 is 0.290 bits per heavy atom. The molecule has 0 N–H and O–H groups in total. The fourth-order valence-electron chi connectivity index (χ4n) is 9.66. The van der Waals surface area contributed by atoms with Gasteiger partial charge in [-0.25, -0.2) is 0 Å². The largest absolute Gasteiger partial charge is 0.310 e. The van der Waals surface area contributed by atoms with E-state index in [2.05, 4.69) is 255 Å². The normalized spacial score (nSPS) is 12.5. The zero-order valence-electron chi connectivity index (χ0n) is 35.0. The molecule has 0 amide bonds. The van der Waals surface area contributed by atoms with Crippen LogP contribution in [-0.4, -0.2) is 0 Å². The summed E-state index contributed by atoms with van der Waals surface area (Å²) in [6, 6.07) is 86.4. The third-order valence-corrected chi connectivity index (χ3v) is 12.9. The van der Waals surface area contributed by atoms with E-state index in [-0.39, 0.29) is 5.41 Å². The van der Waals surface area contributed by atoms with Crippen molar-refractivity contribution in [2.45, 2.75) is 19.3 Å². The van der Waals surface area contributed by atoms with E-state index >= 15 is 0 Å². The monoisotopic (exact) mass is 791 g/mol. The average Bonchev–Trinajstić information content (AvgIpc) is 3.58. The molecule has 62 heavy (non-hydrogen) atoms. The van der Waals surface area contributed by atoms with Crippen LogP contribution >= 0.6 is 0 Å². The minimum atomic E-state index is -0.0451. The Hall–Kier alpha value is -7.74. The molecule has 0 heterocycles. The van der Waals surface area contributed by atoms with Gasteiger partial charge in [0.2, 0.25) is 0 Å². The molecule has 0 aromatic heterocycles. The second kappa shape index (κ2) is 15.4. The second-order valence-corrected chi connectivity index (χ2v) is 16.9. The molecule has 11 rings (SSSR count). The fourth-order valence-corrected chi connectivity index (χ4v) is 9.66. The Labute approximate surface area is 364 Å². The molecule has 10 aromatic carbocycles. The van der Waals surface area contributed by atoms with Gasteiger partial charge in [0.05, 0.1) is 0 Å². The van der Waals surface area contributed by atoms with E-state index in [0.29, 0.717) is 0 Å². The number of hydrogen-bond donors (Lipinski definition) is 0. The maximum absolute atomic E-state index is 2.38. The van der Waals surface area contributed by atoms with E-state index in [1.165, 1.54) is 88.7 Å². The van der Waals surface area contributed by atoms with Crippen LogP contribution in [0.5, 0.6) is 0 Å². The second-order valence-electron chi connectivity index (χ2n) is 16.9. The van der Waals surface area contributed by atoms with Gasteiger partial charge < -0.3 is 4.90 Å². The zero-order valence-corrected chi connectivity index (χ0v) is 35.0. The van der Waals surface area contributed by atoms with Gasteiger partial charge in [-0.2, -0.15) is 0 Å². The highest BCUT2D eigenvalue weighted by Gasteiger charge is 2.36. The molecule has 10 aromatic rings. The lowest BCUT2D eigenvalue weighted by atomic mass is 9.82. The molecule has 0 saturated heterocycles. The van der Waals surface area contributed by atoms with E-state index in [0.717, 1.165) is 17.1 Å². The zero-order chi connectivity index (χ0) is 41.6. The highest BCUT2D eigenvalue weighted by molar-refractivity contribution is 5.97. The molecule has 0 spiro atoms. The first-order valence-electron chi connectivity index (χ1n) is 21.6. The number of rotatable bonds is 8. The predicted molar refractivity (Wildman–Crippen MR) is 263 cm³/mol. The summed E-state index contributed by atoms with van der Waals surface area (Å²) in [5.74, 6) is 0. The minimum absolute atomic E-state index is 0.0451. The van der Waals surface area contributed by atoms with Gasteiger partial charge in [0.25, 0.3) is 0 Å². The van der Waals surface area contributed by atoms with Gasteiger partial charge in [0.1, 0.15) is 0 Å². The van der Waals surface area contributed by atoms with Crippen molar-refractivity contribution >= 4 is 27.8 Å². The Morgan fingerprint density at radius 2 is 0.726 bits per heavy atom. The molecule has 1 heteroatoms. The summed E-state index contributed by atoms with van der Waals surface area (Å²) >= 11 is 0. The molecule has 1 nitrogen and oxygen atoms in total. The fraction of sp³-hybridized carbons (Fsp3) is 0.0492. The molecular weight excluding hydrogens is 747 g/mol. The summed E-state index contributed by atoms with van der Waals surface area (Å²) in [5, 5.41) is 2.53. The Morgan fingerprint density at radius 3 is 1.44 bits per heavy atom. The van der Waals surface area contributed by atoms with Crippen LogP contribution in [0.4, 0.5) is 17.1 Å². The molecule has 294 valence electrons. The molecule has 0 atom stereocenters. The third-order valence-electron chi connectivity index (χ3n) is 12.9. The van der Waals surface area contributed by atoms with Gasteiger partial charge in [0, 0.05) is 22.5 Å². The van der Waals surface area contributed by atoms with Crippen LogP contribution in [0.25, 0.3) is 77.5 Å². The quantitative estimate of drug-likeness (QED) is 0.148. The Bertz CT molecular complexity index is 3210. The summed E-state index contributed by atoms with van der Waals surface area (Å²) < 4.78 is 0. The van der Waals surface area contributed by atoms with Crippen LogP contribution in [-0.2, 0) is 5.41 Å². The molecule has 0 unspecified atom stereocenters. The average molecular weight is 792 g/mol. The van der Waals surface area contributed by atoms with Gasteiger partial charge in [-0.1, -0.05) is 214 Å². The molecular formula is C61H45N. The molecule has 0 aliphatic heterocycles. The topological polar surface area (TPSA) is 3.24 Å². The summed E-state index contributed by atoms with van der Waals surface area (Å²) in [6.45, 7) is 4.70. The number of benzene rings is 10. The van der Waals surface area contributed by atoms with Crippen molar-refractivity contribution in [3.63, 3.8) is 0 Å². The van der Waals surface area contributed by atoms with Crippen LogP contribution in [0, 0.1) is 0 Å². The van der Waals surface area contributed by atoms with Gasteiger partial charge in [-0.05, 0) is 125 Å². The summed E-state index contributed by atoms with van der Waals surface area (Å²) in [4.78, 5) is 2.38. The summed E-state index contributed by atoms with van der Waals surface area (Å²) in [7, 11) is 0. The Balaban J connectivity index is 0.958. The highest BCUT2D eigenvalue weighted by atomic mass is 15.1. The lowest BCUT2D eigenvalue weighted by Gasteiger charge is -2.26. The highest BCUT2D eigenvalue weighted by Crippen LogP contribution is 2.52. The SMILES string of the molecule is CC1(C)c2ccccc2-c2c(-c3ccc(N(c4ccc(-c5ccc(-c6cccc7ccccc67)cc5)cc4)c4cccc(-c5ccc(-c6ccccc6)cc5)c4)cc3)cccc21. The van der Waals surface area contributed by atoms with E-state index in [1.54, 1.807) is 0 Å². The minimum Gasteiger partial charge on any atom is -0.310 e. The van der Waals surface area contributed by atoms with E-state index in [9.17, 15) is 0 Å². The predicted octanol–water partition coefficient (Wildman–Crippen LogP) is 17.0. The number of anilines is 3. The van der Waals surface area contributed by atoms with Crippen LogP contribution in [0.3, 0.4) is 0 Å². The van der Waals surface area contributed by atoms with Crippen molar-refractivity contribution in [2.24, 2.45) is 0 Å². The molecule has 1 aliphatic rings. The molecule has 0 radical (unpaired) electrons. The van der Waals surface area contributed by atoms with Gasteiger partial charge in [0.15, 0.2) is 0 Å². The number of hydrogen-bond acceptors (Lipinski definition) is 1. The van der Waals surface area contributed by atoms with Gasteiger partial charge >= 0.3 is 0 Å². The molecule has 0 fully saturated rings. The van der Waals surface area contributed by atoms with Gasteiger partial charge in [-0.3, -0.25) is 0 Å². The first kappa shape index (κ1) is 37.3. The van der Waals surface area contributed by atoms with Crippen molar-refractivity contribution in [1.29, 1.82) is 0 Å². The van der Waals surface area contributed by atoms with Crippen LogP contribution in [0.2, 0.25) is 0 Å². The lowest BCUT2D eigenvalue weighted by Crippen LogP contribution is -2.14. The van der Waals surface area contributed by atoms with Crippen molar-refractivity contribution in [2.75, 3.05) is 4.90 Å². The van der Waals surface area contributed by atoms with Gasteiger partial charge in [-0.15, -0.1) is 0 Å². The summed E-state index contributed by atoms with van der Waals surface area (Å²) in [5.41, 5.74) is 20.9. The van der Waals surface area contributed by atoms with Crippen LogP contribution in [0.15, 0.2) is 237 Å². The van der Waals surface area contributed by atoms with Crippen LogP contribution < -0.4 is 4.90 Å². The number of fused-ring (bicyclic) bond motifs is 4. The summed E-state index contributed by atoms with van der Waals surface area (Å²) in [6.07, 6.45) is 0. The van der Waals surface area contributed by atoms with E-state index < -0.39 is 0 Å². The maximum Gasteiger partial charge on any atom is 0.0467 e. The standard InChI is InChI=1S/C61H45N/c1-61(2)58-23-9-8-20-57(58)60-56(22-12-24-59(60)61)49-35-39-52(40-36-49)62(53-18-10-17-50(41-53)46-27-25-43(26-28-46)42-13-4-3-5-14-42)51-37-33-45(34-38-51)44-29-31-48(32-30-44)55-21-11-16-47-15-6-7-19-54(47)55/h3-41H,1-2H3. The molecule has 0 bridgehead atoms. The maximum atomic E-state index is 2.38. The third kappa shape index (κ3) is 6.60. The molecule has 1 aliphatic carbocycles. The van der Waals surface area contributed by atoms with Crippen molar-refractivity contribution < 1.29 is 0 Å². The molecule has 0 saturated carbocycles. The van der Waals surface area contributed by atoms with Crippen molar-refractivity contribution in [3.05, 3.63) is 248 Å². The number of nitrogens with zero attached hydrogens (tertiary/aromatic N) is 1. The van der Waals surface area contributed by atoms with Crippen LogP contribution in [0.1, 0.15) is 25.0 Å². The van der Waals surface area contributed by atoms with E-state index in [1.807, 2.05) is 0 Å². The van der Waals surface area contributed by atoms with Crippen molar-refractivity contribution in [1.82, 2.24) is 0 Å².